The van der Waals surface area contributed by atoms with Crippen LogP contribution in [0.1, 0.15) is 5.56 Å². The molecule has 0 aliphatic heterocycles. The zero-order chi connectivity index (χ0) is 19.5. The third kappa shape index (κ3) is 3.68. The Labute approximate surface area is 163 Å². The van der Waals surface area contributed by atoms with E-state index in [2.05, 4.69) is 10.2 Å². The van der Waals surface area contributed by atoms with Crippen molar-refractivity contribution in [3.63, 3.8) is 0 Å². The number of rotatable bonds is 5. The van der Waals surface area contributed by atoms with Gasteiger partial charge in [-0.1, -0.05) is 30.3 Å². The van der Waals surface area contributed by atoms with E-state index in [1.54, 1.807) is 46.0 Å². The van der Waals surface area contributed by atoms with E-state index in [1.807, 2.05) is 36.4 Å². The Kier molecular flexibility index (Phi) is 4.96. The molecule has 28 heavy (non-hydrogen) atoms. The van der Waals surface area contributed by atoms with Crippen LogP contribution in [0.25, 0.3) is 22.8 Å². The summed E-state index contributed by atoms with van der Waals surface area (Å²) in [5.74, 6) is 0.0294. The van der Waals surface area contributed by atoms with E-state index in [0.29, 0.717) is 16.9 Å². The number of hydrogen-bond donors (Lipinski definition) is 1. The van der Waals surface area contributed by atoms with E-state index in [-0.39, 0.29) is 16.9 Å². The lowest BCUT2D eigenvalue weighted by Crippen LogP contribution is -2.15. The number of para-hydroxylation sites is 1. The minimum absolute atomic E-state index is 0.0294. The molecule has 0 amide bonds. The highest BCUT2D eigenvalue weighted by atomic mass is 32.2. The summed E-state index contributed by atoms with van der Waals surface area (Å²) in [6.07, 6.45) is 3.20. The van der Waals surface area contributed by atoms with Crippen LogP contribution in [0.15, 0.2) is 83.9 Å². The van der Waals surface area contributed by atoms with Crippen molar-refractivity contribution in [2.75, 3.05) is 0 Å². The van der Waals surface area contributed by atoms with Crippen molar-refractivity contribution in [3.8, 4) is 22.8 Å². The van der Waals surface area contributed by atoms with Gasteiger partial charge >= 0.3 is 0 Å². The summed E-state index contributed by atoms with van der Waals surface area (Å²) in [6.45, 7) is 0. The molecular weight excluding hydrogens is 376 g/mol. The summed E-state index contributed by atoms with van der Waals surface area (Å²) in [4.78, 5) is 12.5. The number of nitrogens with zero attached hydrogens (tertiary/aromatic N) is 4. The van der Waals surface area contributed by atoms with Gasteiger partial charge in [0.05, 0.1) is 29.0 Å². The first-order valence-electron chi connectivity index (χ1n) is 8.48. The van der Waals surface area contributed by atoms with Crippen molar-refractivity contribution >= 4 is 11.1 Å². The standard InChI is InChI=1S/C20H16N4O3S/c25-19-10-12-23(17-8-4-5-15(13-17)14-28(26)27)22-20(19)18-9-11-21-24(18)16-6-2-1-3-7-16/h1-13H,14H2,(H,26,27). The van der Waals surface area contributed by atoms with Crippen LogP contribution in [0.4, 0.5) is 0 Å². The molecule has 4 aromatic rings. The third-order valence-electron chi connectivity index (χ3n) is 4.16. The molecule has 0 saturated carbocycles. The maximum absolute atomic E-state index is 12.5. The Balaban J connectivity index is 1.79. The van der Waals surface area contributed by atoms with Gasteiger partial charge in [-0.15, -0.1) is 0 Å². The predicted octanol–water partition coefficient (Wildman–Crippen LogP) is 2.81. The SMILES string of the molecule is O=c1ccn(-c2cccc(CS(=O)O)c2)nc1-c1ccnn1-c1ccccc1. The normalized spacial score (nSPS) is 12.0. The van der Waals surface area contributed by atoms with E-state index in [0.717, 1.165) is 5.69 Å². The van der Waals surface area contributed by atoms with E-state index in [4.69, 9.17) is 4.55 Å². The van der Waals surface area contributed by atoms with Crippen molar-refractivity contribution in [2.24, 2.45) is 0 Å². The summed E-state index contributed by atoms with van der Waals surface area (Å²) in [7, 11) is 0. The molecule has 7 nitrogen and oxygen atoms in total. The molecule has 4 rings (SSSR count). The van der Waals surface area contributed by atoms with Crippen LogP contribution in [-0.4, -0.2) is 28.3 Å². The first kappa shape index (κ1) is 18.0. The van der Waals surface area contributed by atoms with Gasteiger partial charge in [-0.3, -0.25) is 4.79 Å². The Hall–Kier alpha value is -3.36. The highest BCUT2D eigenvalue weighted by molar-refractivity contribution is 7.78. The molecule has 140 valence electrons. The Morgan fingerprint density at radius 2 is 1.75 bits per heavy atom. The Morgan fingerprint density at radius 3 is 2.54 bits per heavy atom. The molecule has 1 atom stereocenters. The zero-order valence-electron chi connectivity index (χ0n) is 14.7. The Morgan fingerprint density at radius 1 is 0.964 bits per heavy atom. The number of hydrogen-bond acceptors (Lipinski definition) is 4. The molecule has 0 radical (unpaired) electrons. The number of benzene rings is 2. The van der Waals surface area contributed by atoms with E-state index >= 15 is 0 Å². The predicted molar refractivity (Wildman–Crippen MR) is 107 cm³/mol. The first-order valence-corrected chi connectivity index (χ1v) is 9.76. The van der Waals surface area contributed by atoms with E-state index in [1.165, 1.54) is 6.07 Å². The lowest BCUT2D eigenvalue weighted by Gasteiger charge is -2.10. The van der Waals surface area contributed by atoms with Gasteiger partial charge in [-0.05, 0) is 35.9 Å². The van der Waals surface area contributed by atoms with Crippen LogP contribution in [0.5, 0.6) is 0 Å². The van der Waals surface area contributed by atoms with Crippen LogP contribution in [0.2, 0.25) is 0 Å². The molecule has 0 spiro atoms. The average Bonchev–Trinajstić information content (AvgIpc) is 3.18. The highest BCUT2D eigenvalue weighted by Gasteiger charge is 2.13. The third-order valence-corrected chi connectivity index (χ3v) is 4.74. The molecule has 2 aromatic carbocycles. The van der Waals surface area contributed by atoms with Gasteiger partial charge in [0.1, 0.15) is 0 Å². The lowest BCUT2D eigenvalue weighted by molar-refractivity contribution is 0.563. The maximum Gasteiger partial charge on any atom is 0.209 e. The fourth-order valence-electron chi connectivity index (χ4n) is 2.92. The second-order valence-electron chi connectivity index (χ2n) is 6.07. The van der Waals surface area contributed by atoms with Crippen LogP contribution < -0.4 is 5.43 Å². The van der Waals surface area contributed by atoms with Gasteiger partial charge in [-0.2, -0.15) is 10.2 Å². The average molecular weight is 392 g/mol. The van der Waals surface area contributed by atoms with Crippen molar-refractivity contribution in [1.82, 2.24) is 19.6 Å². The zero-order valence-corrected chi connectivity index (χ0v) is 15.5. The Bertz CT molecular complexity index is 1200. The molecular formula is C20H16N4O3S. The summed E-state index contributed by atoms with van der Waals surface area (Å²) in [6, 6.07) is 19.8. The fraction of sp³-hybridized carbons (Fsp3) is 0.0500. The van der Waals surface area contributed by atoms with Crippen LogP contribution in [0, 0.1) is 0 Å². The van der Waals surface area contributed by atoms with Crippen molar-refractivity contribution in [2.45, 2.75) is 5.75 Å². The maximum atomic E-state index is 12.5. The minimum atomic E-state index is -1.93. The molecule has 2 aromatic heterocycles. The van der Waals surface area contributed by atoms with Crippen LogP contribution >= 0.6 is 0 Å². The van der Waals surface area contributed by atoms with Crippen molar-refractivity contribution in [1.29, 1.82) is 0 Å². The van der Waals surface area contributed by atoms with Gasteiger partial charge < -0.3 is 4.55 Å². The molecule has 1 N–H and O–H groups in total. The molecule has 0 aliphatic carbocycles. The van der Waals surface area contributed by atoms with E-state index in [9.17, 15) is 9.00 Å². The molecule has 2 heterocycles. The molecule has 0 saturated heterocycles. The van der Waals surface area contributed by atoms with Gasteiger partial charge in [0, 0.05) is 12.3 Å². The largest absolute Gasteiger partial charge is 0.306 e. The smallest absolute Gasteiger partial charge is 0.209 e. The van der Waals surface area contributed by atoms with Crippen LogP contribution in [0.3, 0.4) is 0 Å². The molecule has 0 aliphatic rings. The van der Waals surface area contributed by atoms with Gasteiger partial charge in [0.25, 0.3) is 0 Å². The molecule has 0 fully saturated rings. The fourth-order valence-corrected chi connectivity index (χ4v) is 3.38. The van der Waals surface area contributed by atoms with Gasteiger partial charge in [-0.25, -0.2) is 13.6 Å². The summed E-state index contributed by atoms with van der Waals surface area (Å²) in [5.41, 5.74) is 2.84. The summed E-state index contributed by atoms with van der Waals surface area (Å²) < 4.78 is 23.4. The topological polar surface area (TPSA) is 90.0 Å². The second kappa shape index (κ2) is 7.71. The minimum Gasteiger partial charge on any atom is -0.306 e. The summed E-state index contributed by atoms with van der Waals surface area (Å²) in [5, 5.41) is 8.82. The number of aromatic nitrogens is 4. The second-order valence-corrected chi connectivity index (χ2v) is 7.00. The van der Waals surface area contributed by atoms with Crippen molar-refractivity contribution < 1.29 is 8.76 Å². The lowest BCUT2D eigenvalue weighted by atomic mass is 10.2. The molecule has 8 heteroatoms. The van der Waals surface area contributed by atoms with E-state index < -0.39 is 11.1 Å². The molecule has 0 bridgehead atoms. The van der Waals surface area contributed by atoms with Gasteiger partial charge in [0.2, 0.25) is 5.43 Å². The monoisotopic (exact) mass is 392 g/mol. The highest BCUT2D eigenvalue weighted by Crippen LogP contribution is 2.18. The van der Waals surface area contributed by atoms with Gasteiger partial charge in [0.15, 0.2) is 16.8 Å². The summed E-state index contributed by atoms with van der Waals surface area (Å²) >= 11 is -1.93. The quantitative estimate of drug-likeness (QED) is 0.528. The first-order chi connectivity index (χ1) is 13.6. The molecule has 1 unspecified atom stereocenters. The van der Waals surface area contributed by atoms with Crippen molar-refractivity contribution in [3.05, 3.63) is 94.9 Å². The van der Waals surface area contributed by atoms with Crippen LogP contribution in [-0.2, 0) is 16.8 Å².